The van der Waals surface area contributed by atoms with Crippen molar-refractivity contribution in [2.24, 2.45) is 5.73 Å². The largest absolute Gasteiger partial charge is 0.460 e. The zero-order valence-electron chi connectivity index (χ0n) is 13.4. The van der Waals surface area contributed by atoms with Crippen LogP contribution in [0.15, 0.2) is 0 Å². The summed E-state index contributed by atoms with van der Waals surface area (Å²) in [7, 11) is 0. The quantitative estimate of drug-likeness (QED) is 0.667. The van der Waals surface area contributed by atoms with Gasteiger partial charge in [-0.1, -0.05) is 6.92 Å². The van der Waals surface area contributed by atoms with E-state index >= 15 is 0 Å². The molecule has 0 aliphatic heterocycles. The SMILES string of the molecule is CCc1c(C)sc(NC(=O)C(F)(F)C(F)(F)C(F)(F)C(F)(F)F)c1C(N)=O. The topological polar surface area (TPSA) is 72.2 Å². The second-order valence-electron chi connectivity index (χ2n) is 5.23. The summed E-state index contributed by atoms with van der Waals surface area (Å²) in [5.41, 5.74) is 4.65. The van der Waals surface area contributed by atoms with Crippen LogP contribution in [0.25, 0.3) is 0 Å². The summed E-state index contributed by atoms with van der Waals surface area (Å²) in [6.45, 7) is 2.86. The molecule has 27 heavy (non-hydrogen) atoms. The predicted octanol–water partition coefficient (Wildman–Crippen LogP) is 4.12. The Balaban J connectivity index is 3.36. The number of aryl methyl sites for hydroxylation is 1. The number of carbonyl (C=O) groups excluding carboxylic acids is 2. The number of carbonyl (C=O) groups is 2. The van der Waals surface area contributed by atoms with Crippen LogP contribution in [0.5, 0.6) is 0 Å². The average molecular weight is 430 g/mol. The van der Waals surface area contributed by atoms with Crippen molar-refractivity contribution in [3.63, 3.8) is 0 Å². The Morgan fingerprint density at radius 3 is 1.85 bits per heavy atom. The van der Waals surface area contributed by atoms with Crippen molar-refractivity contribution in [1.29, 1.82) is 0 Å². The van der Waals surface area contributed by atoms with Gasteiger partial charge in [-0.05, 0) is 18.9 Å². The number of halogens is 9. The molecule has 0 unspecified atom stereocenters. The summed E-state index contributed by atoms with van der Waals surface area (Å²) in [5, 5.41) is 0.335. The van der Waals surface area contributed by atoms with Crippen LogP contribution in [0, 0.1) is 6.92 Å². The van der Waals surface area contributed by atoms with E-state index in [1.807, 2.05) is 0 Å². The van der Waals surface area contributed by atoms with Gasteiger partial charge in [0.05, 0.1) is 5.56 Å². The monoisotopic (exact) mass is 430 g/mol. The number of hydrogen-bond acceptors (Lipinski definition) is 3. The summed E-state index contributed by atoms with van der Waals surface area (Å²) in [6, 6.07) is 0. The first-order chi connectivity index (χ1) is 11.9. The summed E-state index contributed by atoms with van der Waals surface area (Å²) in [6.07, 6.45) is -6.94. The fourth-order valence-corrected chi connectivity index (χ4v) is 3.20. The van der Waals surface area contributed by atoms with Crippen molar-refractivity contribution in [2.75, 3.05) is 5.32 Å². The molecule has 1 rings (SSSR count). The number of anilines is 1. The van der Waals surface area contributed by atoms with Crippen LogP contribution in [0.4, 0.5) is 44.5 Å². The van der Waals surface area contributed by atoms with E-state index in [0.717, 1.165) is 5.32 Å². The lowest BCUT2D eigenvalue weighted by atomic mass is 10.0. The smallest absolute Gasteiger partial charge is 0.365 e. The van der Waals surface area contributed by atoms with E-state index in [0.29, 0.717) is 11.3 Å². The highest BCUT2D eigenvalue weighted by atomic mass is 32.1. The van der Waals surface area contributed by atoms with Gasteiger partial charge >= 0.3 is 29.9 Å². The molecule has 0 aliphatic rings. The van der Waals surface area contributed by atoms with Gasteiger partial charge in [-0.2, -0.15) is 39.5 Å². The Kier molecular flexibility index (Phi) is 5.87. The van der Waals surface area contributed by atoms with Gasteiger partial charge in [0.2, 0.25) is 0 Å². The molecule has 0 atom stereocenters. The standard InChI is InChI=1S/C13H11F9N2O2S/c1-3-5-4(2)27-8(6(5)7(23)25)24-9(26)10(14,15)11(16,17)12(18,19)13(20,21)22/h3H2,1-2H3,(H2,23,25)(H,24,26). The van der Waals surface area contributed by atoms with Crippen LogP contribution < -0.4 is 11.1 Å². The third-order valence-electron chi connectivity index (χ3n) is 3.47. The minimum absolute atomic E-state index is 0.106. The molecule has 0 saturated carbocycles. The van der Waals surface area contributed by atoms with E-state index in [1.54, 1.807) is 0 Å². The number of thiophene rings is 1. The van der Waals surface area contributed by atoms with Crippen molar-refractivity contribution < 1.29 is 49.1 Å². The van der Waals surface area contributed by atoms with Crippen LogP contribution in [0.2, 0.25) is 0 Å². The highest BCUT2D eigenvalue weighted by Gasteiger charge is 2.83. The van der Waals surface area contributed by atoms with Crippen molar-refractivity contribution in [1.82, 2.24) is 0 Å². The number of nitrogens with two attached hydrogens (primary N) is 1. The van der Waals surface area contributed by atoms with Crippen LogP contribution in [-0.2, 0) is 11.2 Å². The molecule has 0 aliphatic carbocycles. The van der Waals surface area contributed by atoms with E-state index in [1.165, 1.54) is 13.8 Å². The van der Waals surface area contributed by atoms with E-state index in [9.17, 15) is 49.1 Å². The molecule has 1 heterocycles. The molecule has 14 heteroatoms. The van der Waals surface area contributed by atoms with Crippen molar-refractivity contribution in [3.8, 4) is 0 Å². The maximum absolute atomic E-state index is 13.6. The first-order valence-electron chi connectivity index (χ1n) is 6.87. The Hall–Kier alpha value is -1.99. The predicted molar refractivity (Wildman–Crippen MR) is 76.5 cm³/mol. The molecule has 0 spiro atoms. The molecular weight excluding hydrogens is 419 g/mol. The van der Waals surface area contributed by atoms with Crippen LogP contribution >= 0.6 is 11.3 Å². The fourth-order valence-electron chi connectivity index (χ4n) is 2.05. The Morgan fingerprint density at radius 1 is 1.00 bits per heavy atom. The molecule has 0 radical (unpaired) electrons. The number of primary amides is 1. The number of nitrogens with one attached hydrogen (secondary N) is 1. The van der Waals surface area contributed by atoms with Gasteiger partial charge in [0.1, 0.15) is 5.00 Å². The van der Waals surface area contributed by atoms with Gasteiger partial charge in [0.25, 0.3) is 5.91 Å². The molecular formula is C13H11F9N2O2S. The average Bonchev–Trinajstić information content (AvgIpc) is 2.80. The molecule has 3 N–H and O–H groups in total. The lowest BCUT2D eigenvalue weighted by molar-refractivity contribution is -0.388. The van der Waals surface area contributed by atoms with E-state index in [-0.39, 0.29) is 16.9 Å². The van der Waals surface area contributed by atoms with Crippen molar-refractivity contribution >= 4 is 28.2 Å². The minimum atomic E-state index is -7.20. The molecule has 1 aromatic heterocycles. The number of rotatable bonds is 6. The Bertz CT molecular complexity index is 756. The minimum Gasteiger partial charge on any atom is -0.365 e. The van der Waals surface area contributed by atoms with Gasteiger partial charge in [-0.15, -0.1) is 11.3 Å². The molecule has 154 valence electrons. The molecule has 0 saturated heterocycles. The van der Waals surface area contributed by atoms with E-state index < -0.39 is 46.3 Å². The highest BCUT2D eigenvalue weighted by Crippen LogP contribution is 2.53. The van der Waals surface area contributed by atoms with Gasteiger partial charge in [-0.3, -0.25) is 9.59 Å². The lowest BCUT2D eigenvalue weighted by Gasteiger charge is -2.32. The molecule has 0 fully saturated rings. The molecule has 1 aromatic rings. The summed E-state index contributed by atoms with van der Waals surface area (Å²) >= 11 is 0.441. The summed E-state index contributed by atoms with van der Waals surface area (Å²) in [5.74, 6) is -25.2. The molecule has 0 aromatic carbocycles. The molecule has 4 nitrogen and oxygen atoms in total. The van der Waals surface area contributed by atoms with Crippen LogP contribution in [0.3, 0.4) is 0 Å². The van der Waals surface area contributed by atoms with Gasteiger partial charge in [0, 0.05) is 4.88 Å². The maximum Gasteiger partial charge on any atom is 0.460 e. The van der Waals surface area contributed by atoms with Crippen LogP contribution in [-0.4, -0.2) is 35.8 Å². The third kappa shape index (κ3) is 3.58. The first-order valence-corrected chi connectivity index (χ1v) is 7.68. The van der Waals surface area contributed by atoms with Crippen molar-refractivity contribution in [3.05, 3.63) is 16.0 Å². The molecule has 0 bridgehead atoms. The number of amides is 2. The van der Waals surface area contributed by atoms with E-state index in [4.69, 9.17) is 5.73 Å². The number of alkyl halides is 9. The Morgan fingerprint density at radius 2 is 1.48 bits per heavy atom. The first kappa shape index (κ1) is 23.0. The zero-order chi connectivity index (χ0) is 21.6. The summed E-state index contributed by atoms with van der Waals surface area (Å²) in [4.78, 5) is 23.1. The second-order valence-corrected chi connectivity index (χ2v) is 6.46. The van der Waals surface area contributed by atoms with Gasteiger partial charge in [0.15, 0.2) is 0 Å². The highest BCUT2D eigenvalue weighted by molar-refractivity contribution is 7.16. The molecule has 2 amide bonds. The lowest BCUT2D eigenvalue weighted by Crippen LogP contribution is -2.64. The summed E-state index contributed by atoms with van der Waals surface area (Å²) < 4.78 is 116. The van der Waals surface area contributed by atoms with Crippen molar-refractivity contribution in [2.45, 2.75) is 44.2 Å². The van der Waals surface area contributed by atoms with Gasteiger partial charge < -0.3 is 11.1 Å². The maximum atomic E-state index is 13.6. The van der Waals surface area contributed by atoms with E-state index in [2.05, 4.69) is 0 Å². The Labute approximate surface area is 149 Å². The van der Waals surface area contributed by atoms with Crippen LogP contribution in [0.1, 0.15) is 27.7 Å². The third-order valence-corrected chi connectivity index (χ3v) is 4.53. The number of hydrogen-bond donors (Lipinski definition) is 2. The van der Waals surface area contributed by atoms with Gasteiger partial charge in [-0.25, -0.2) is 0 Å². The fraction of sp³-hybridized carbons (Fsp3) is 0.538. The normalized spacial score (nSPS) is 13.6. The zero-order valence-corrected chi connectivity index (χ0v) is 14.2. The second kappa shape index (κ2) is 6.87.